The number of hydrogen-bond donors (Lipinski definition) is 1. The molecule has 1 N–H and O–H groups in total. The Balaban J connectivity index is 1.80. The second-order valence-corrected chi connectivity index (χ2v) is 8.36. The molecule has 0 aliphatic rings. The lowest BCUT2D eigenvalue weighted by atomic mass is 10.2. The van der Waals surface area contributed by atoms with Gasteiger partial charge in [-0.25, -0.2) is 13.1 Å². The van der Waals surface area contributed by atoms with Crippen molar-refractivity contribution in [2.75, 3.05) is 20.1 Å². The van der Waals surface area contributed by atoms with Gasteiger partial charge in [-0.3, -0.25) is 4.79 Å². The van der Waals surface area contributed by atoms with E-state index in [0.29, 0.717) is 0 Å². The second-order valence-electron chi connectivity index (χ2n) is 5.80. The monoisotopic (exact) mass is 448 g/mol. The molecule has 0 radical (unpaired) electrons. The van der Waals surface area contributed by atoms with Crippen LogP contribution < -0.4 is 4.72 Å². The third-order valence-corrected chi connectivity index (χ3v) is 5.28. The zero-order valence-corrected chi connectivity index (χ0v) is 17.3. The van der Waals surface area contributed by atoms with Crippen LogP contribution in [0.4, 0.5) is 0 Å². The van der Waals surface area contributed by atoms with Gasteiger partial charge in [-0.2, -0.15) is 0 Å². The number of amides is 1. The van der Waals surface area contributed by atoms with Gasteiger partial charge in [-0.15, -0.1) is 0 Å². The highest BCUT2D eigenvalue weighted by molar-refractivity contribution is 9.10. The molecule has 142 valence electrons. The molecule has 0 atom stereocenters. The molecular weight excluding hydrogens is 428 g/mol. The molecule has 0 fully saturated rings. The molecule has 0 aromatic heterocycles. The molecule has 7 heteroatoms. The SMILES string of the molecule is CN(CCNS(=O)(=O)/C=C/c1ccccc1)C(=O)/C=C/c1ccc(Br)cc1. The van der Waals surface area contributed by atoms with Crippen molar-refractivity contribution in [2.45, 2.75) is 0 Å². The van der Waals surface area contributed by atoms with Crippen molar-refractivity contribution in [2.24, 2.45) is 0 Å². The fraction of sp³-hybridized carbons (Fsp3) is 0.150. The summed E-state index contributed by atoms with van der Waals surface area (Å²) < 4.78 is 27.4. The number of carbonyl (C=O) groups excluding carboxylic acids is 1. The molecule has 0 bridgehead atoms. The Labute approximate surface area is 168 Å². The molecule has 0 unspecified atom stereocenters. The highest BCUT2D eigenvalue weighted by Gasteiger charge is 2.08. The summed E-state index contributed by atoms with van der Waals surface area (Å²) in [7, 11) is -1.92. The molecule has 0 heterocycles. The van der Waals surface area contributed by atoms with Gasteiger partial charge in [0.1, 0.15) is 0 Å². The van der Waals surface area contributed by atoms with Crippen molar-refractivity contribution >= 4 is 44.0 Å². The summed E-state index contributed by atoms with van der Waals surface area (Å²) in [4.78, 5) is 13.5. The van der Waals surface area contributed by atoms with Gasteiger partial charge in [0.2, 0.25) is 15.9 Å². The zero-order valence-electron chi connectivity index (χ0n) is 14.9. The van der Waals surface area contributed by atoms with E-state index in [0.717, 1.165) is 21.0 Å². The summed E-state index contributed by atoms with van der Waals surface area (Å²) in [5.41, 5.74) is 1.71. The minimum atomic E-state index is -3.55. The van der Waals surface area contributed by atoms with E-state index in [1.54, 1.807) is 13.1 Å². The minimum Gasteiger partial charge on any atom is -0.341 e. The minimum absolute atomic E-state index is 0.135. The lowest BCUT2D eigenvalue weighted by Gasteiger charge is -2.15. The number of carbonyl (C=O) groups is 1. The normalized spacial score (nSPS) is 11.9. The van der Waals surface area contributed by atoms with Crippen LogP contribution in [0.15, 0.2) is 70.6 Å². The van der Waals surface area contributed by atoms with Gasteiger partial charge < -0.3 is 4.90 Å². The van der Waals surface area contributed by atoms with E-state index >= 15 is 0 Å². The number of sulfonamides is 1. The van der Waals surface area contributed by atoms with Gasteiger partial charge in [0.05, 0.1) is 0 Å². The second kappa shape index (κ2) is 10.2. The van der Waals surface area contributed by atoms with Crippen LogP contribution in [0.1, 0.15) is 11.1 Å². The molecule has 2 aromatic carbocycles. The van der Waals surface area contributed by atoms with Crippen molar-refractivity contribution in [1.29, 1.82) is 0 Å². The van der Waals surface area contributed by atoms with Gasteiger partial charge >= 0.3 is 0 Å². The van der Waals surface area contributed by atoms with E-state index in [1.807, 2.05) is 54.6 Å². The van der Waals surface area contributed by atoms with Crippen LogP contribution in [0.25, 0.3) is 12.2 Å². The summed E-state index contributed by atoms with van der Waals surface area (Å²) in [5.74, 6) is -0.197. The van der Waals surface area contributed by atoms with Crippen LogP contribution in [0, 0.1) is 0 Å². The first-order valence-corrected chi connectivity index (χ1v) is 10.6. The fourth-order valence-corrected chi connectivity index (χ4v) is 3.19. The number of likely N-dealkylation sites (N-methyl/N-ethyl adjacent to an activating group) is 1. The van der Waals surface area contributed by atoms with Crippen molar-refractivity contribution in [3.63, 3.8) is 0 Å². The molecule has 5 nitrogen and oxygen atoms in total. The van der Waals surface area contributed by atoms with E-state index in [4.69, 9.17) is 0 Å². The van der Waals surface area contributed by atoms with Crippen LogP contribution in [0.2, 0.25) is 0 Å². The Morgan fingerprint density at radius 3 is 2.33 bits per heavy atom. The van der Waals surface area contributed by atoms with Gasteiger partial charge in [-0.05, 0) is 35.4 Å². The third-order valence-electron chi connectivity index (χ3n) is 3.65. The molecule has 0 aliphatic carbocycles. The maximum Gasteiger partial charge on any atom is 0.246 e. The lowest BCUT2D eigenvalue weighted by Crippen LogP contribution is -2.34. The first kappa shape index (κ1) is 21.1. The first-order valence-electron chi connectivity index (χ1n) is 8.27. The standard InChI is InChI=1S/C20H21BrN2O3S/c1-23(20(24)12-9-18-7-10-19(21)11-8-18)15-14-22-27(25,26)16-13-17-5-3-2-4-6-17/h2-13,16,22H,14-15H2,1H3/b12-9+,16-13+. The number of halogens is 1. The van der Waals surface area contributed by atoms with Crippen LogP contribution in [0.5, 0.6) is 0 Å². The van der Waals surface area contributed by atoms with Crippen LogP contribution in [0.3, 0.4) is 0 Å². The Morgan fingerprint density at radius 2 is 1.67 bits per heavy atom. The molecule has 2 aromatic rings. The molecule has 0 saturated heterocycles. The van der Waals surface area contributed by atoms with Gasteiger partial charge in [0.15, 0.2) is 0 Å². The maximum absolute atomic E-state index is 12.1. The first-order chi connectivity index (χ1) is 12.9. The van der Waals surface area contributed by atoms with Crippen molar-refractivity contribution in [1.82, 2.24) is 9.62 Å². The lowest BCUT2D eigenvalue weighted by molar-refractivity contribution is -0.124. The van der Waals surface area contributed by atoms with Crippen molar-refractivity contribution < 1.29 is 13.2 Å². The van der Waals surface area contributed by atoms with Crippen LogP contribution >= 0.6 is 15.9 Å². The predicted octanol–water partition coefficient (Wildman–Crippen LogP) is 3.51. The van der Waals surface area contributed by atoms with E-state index in [9.17, 15) is 13.2 Å². The highest BCUT2D eigenvalue weighted by Crippen LogP contribution is 2.11. The Morgan fingerprint density at radius 1 is 1.04 bits per heavy atom. The summed E-state index contributed by atoms with van der Waals surface area (Å²) in [6, 6.07) is 16.7. The molecule has 0 saturated carbocycles. The van der Waals surface area contributed by atoms with Gasteiger partial charge in [0, 0.05) is 36.1 Å². The number of nitrogens with zero attached hydrogens (tertiary/aromatic N) is 1. The predicted molar refractivity (Wildman–Crippen MR) is 113 cm³/mol. The number of benzene rings is 2. The van der Waals surface area contributed by atoms with Gasteiger partial charge in [0.25, 0.3) is 0 Å². The highest BCUT2D eigenvalue weighted by atomic mass is 79.9. The molecular formula is C20H21BrN2O3S. The Hall–Kier alpha value is -2.22. The smallest absolute Gasteiger partial charge is 0.246 e. The fourth-order valence-electron chi connectivity index (χ4n) is 2.11. The number of nitrogens with one attached hydrogen (secondary N) is 1. The molecule has 27 heavy (non-hydrogen) atoms. The molecule has 0 spiro atoms. The zero-order chi connectivity index (χ0) is 19.7. The number of hydrogen-bond acceptors (Lipinski definition) is 3. The molecule has 2 rings (SSSR count). The van der Waals surface area contributed by atoms with Crippen molar-refractivity contribution in [3.8, 4) is 0 Å². The summed E-state index contributed by atoms with van der Waals surface area (Å²) in [6.07, 6.45) is 4.71. The summed E-state index contributed by atoms with van der Waals surface area (Å²) in [5, 5.41) is 1.12. The van der Waals surface area contributed by atoms with E-state index in [1.165, 1.54) is 17.1 Å². The molecule has 1 amide bonds. The van der Waals surface area contributed by atoms with E-state index in [-0.39, 0.29) is 19.0 Å². The largest absolute Gasteiger partial charge is 0.341 e. The topological polar surface area (TPSA) is 66.5 Å². The van der Waals surface area contributed by atoms with Crippen LogP contribution in [-0.2, 0) is 14.8 Å². The average molecular weight is 449 g/mol. The summed E-state index contributed by atoms with van der Waals surface area (Å²) in [6.45, 7) is 0.401. The Kier molecular flexibility index (Phi) is 7.97. The Bertz CT molecular complexity index is 908. The third kappa shape index (κ3) is 7.90. The van der Waals surface area contributed by atoms with Crippen molar-refractivity contribution in [3.05, 3.63) is 81.7 Å². The maximum atomic E-state index is 12.1. The van der Waals surface area contributed by atoms with Gasteiger partial charge in [-0.1, -0.05) is 58.4 Å². The van der Waals surface area contributed by atoms with E-state index in [2.05, 4.69) is 20.7 Å². The van der Waals surface area contributed by atoms with Crippen LogP contribution in [-0.4, -0.2) is 39.4 Å². The summed E-state index contributed by atoms with van der Waals surface area (Å²) >= 11 is 3.36. The number of rotatable bonds is 8. The molecule has 0 aliphatic heterocycles. The average Bonchev–Trinajstić information content (AvgIpc) is 2.66. The van der Waals surface area contributed by atoms with E-state index < -0.39 is 10.0 Å². The quantitative estimate of drug-likeness (QED) is 0.628.